The van der Waals surface area contributed by atoms with Crippen LogP contribution in [0.5, 0.6) is 0 Å². The molecule has 1 amide bonds. The van der Waals surface area contributed by atoms with E-state index in [1.165, 1.54) is 0 Å². The fourth-order valence-electron chi connectivity index (χ4n) is 3.32. The first-order valence-corrected chi connectivity index (χ1v) is 9.36. The SMILES string of the molecule is Nc1ccn2ncc(-c3csc(C(=O)N[C@@H]4[C@@H](N)CCCC4(F)F)n3)c2c1. The van der Waals surface area contributed by atoms with Gasteiger partial charge in [0.2, 0.25) is 0 Å². The maximum absolute atomic E-state index is 14.1. The molecule has 1 aliphatic carbocycles. The van der Waals surface area contributed by atoms with E-state index in [1.54, 1.807) is 34.4 Å². The van der Waals surface area contributed by atoms with Crippen LogP contribution in [0.1, 0.15) is 29.1 Å². The second-order valence-electron chi connectivity index (χ2n) is 6.65. The molecule has 0 radical (unpaired) electrons. The maximum Gasteiger partial charge on any atom is 0.280 e. The van der Waals surface area contributed by atoms with Crippen LogP contribution >= 0.6 is 11.3 Å². The number of pyridine rings is 1. The summed E-state index contributed by atoms with van der Waals surface area (Å²) in [6.07, 6.45) is 3.86. The first kappa shape index (κ1) is 17.8. The van der Waals surface area contributed by atoms with Gasteiger partial charge in [0.15, 0.2) is 5.01 Å². The van der Waals surface area contributed by atoms with E-state index >= 15 is 0 Å². The van der Waals surface area contributed by atoms with Crippen molar-refractivity contribution in [2.45, 2.75) is 37.3 Å². The molecule has 10 heteroatoms. The molecule has 4 rings (SSSR count). The van der Waals surface area contributed by atoms with Crippen molar-refractivity contribution in [3.05, 3.63) is 34.9 Å². The highest BCUT2D eigenvalue weighted by Crippen LogP contribution is 2.33. The Labute approximate surface area is 157 Å². The van der Waals surface area contributed by atoms with E-state index in [9.17, 15) is 13.6 Å². The Bertz CT molecular complexity index is 1000. The highest BCUT2D eigenvalue weighted by molar-refractivity contribution is 7.12. The van der Waals surface area contributed by atoms with Crippen LogP contribution in [-0.2, 0) is 0 Å². The van der Waals surface area contributed by atoms with Crippen molar-refractivity contribution in [1.82, 2.24) is 19.9 Å². The lowest BCUT2D eigenvalue weighted by atomic mass is 9.87. The Kier molecular flexibility index (Phi) is 4.31. The molecule has 2 atom stereocenters. The summed E-state index contributed by atoms with van der Waals surface area (Å²) >= 11 is 1.08. The van der Waals surface area contributed by atoms with Crippen LogP contribution < -0.4 is 16.8 Å². The molecule has 1 aliphatic rings. The van der Waals surface area contributed by atoms with Gasteiger partial charge in [-0.1, -0.05) is 0 Å². The minimum absolute atomic E-state index is 0.0989. The first-order valence-electron chi connectivity index (χ1n) is 8.48. The van der Waals surface area contributed by atoms with Crippen LogP contribution in [0.15, 0.2) is 29.9 Å². The Hall–Kier alpha value is -2.59. The second kappa shape index (κ2) is 6.54. The Morgan fingerprint density at radius 1 is 1.44 bits per heavy atom. The number of carbonyl (C=O) groups is 1. The van der Waals surface area contributed by atoms with Gasteiger partial charge in [-0.3, -0.25) is 4.79 Å². The third-order valence-corrected chi connectivity index (χ3v) is 5.58. The van der Waals surface area contributed by atoms with E-state index in [0.29, 0.717) is 29.8 Å². The maximum atomic E-state index is 14.1. The van der Waals surface area contributed by atoms with E-state index in [0.717, 1.165) is 16.9 Å². The fraction of sp³-hybridized carbons (Fsp3) is 0.353. The van der Waals surface area contributed by atoms with Gasteiger partial charge in [-0.2, -0.15) is 5.10 Å². The minimum Gasteiger partial charge on any atom is -0.399 e. The van der Waals surface area contributed by atoms with Gasteiger partial charge < -0.3 is 16.8 Å². The molecule has 3 aromatic heterocycles. The van der Waals surface area contributed by atoms with Crippen LogP contribution in [0, 0.1) is 0 Å². The largest absolute Gasteiger partial charge is 0.399 e. The summed E-state index contributed by atoms with van der Waals surface area (Å²) in [6.45, 7) is 0. The molecule has 3 heterocycles. The molecule has 0 bridgehead atoms. The number of halogens is 2. The number of nitrogen functional groups attached to an aromatic ring is 1. The van der Waals surface area contributed by atoms with Crippen LogP contribution in [0.25, 0.3) is 16.8 Å². The van der Waals surface area contributed by atoms with Crippen LogP contribution in [0.4, 0.5) is 14.5 Å². The fourth-order valence-corrected chi connectivity index (χ4v) is 4.04. The standard InChI is InChI=1S/C17H18F2N6OS/c18-17(19)4-1-2-11(21)14(17)24-15(26)16-23-12(8-27-16)10-7-22-25-5-3-9(20)6-13(10)25/h3,5-8,11,14H,1-2,4,20-21H2,(H,24,26)/t11-,14+/m0/s1. The van der Waals surface area contributed by atoms with E-state index in [-0.39, 0.29) is 11.4 Å². The molecule has 1 fully saturated rings. The highest BCUT2D eigenvalue weighted by atomic mass is 32.1. The van der Waals surface area contributed by atoms with Gasteiger partial charge in [-0.05, 0) is 25.0 Å². The van der Waals surface area contributed by atoms with Crippen molar-refractivity contribution in [3.63, 3.8) is 0 Å². The summed E-state index contributed by atoms with van der Waals surface area (Å²) in [5.41, 5.74) is 14.2. The molecule has 0 spiro atoms. The molecule has 5 N–H and O–H groups in total. The van der Waals surface area contributed by atoms with Crippen molar-refractivity contribution in [1.29, 1.82) is 0 Å². The summed E-state index contributed by atoms with van der Waals surface area (Å²) in [5, 5.41) is 8.38. The lowest BCUT2D eigenvalue weighted by molar-refractivity contribution is -0.0674. The Morgan fingerprint density at radius 2 is 2.26 bits per heavy atom. The average Bonchev–Trinajstić information content (AvgIpc) is 3.24. The molecule has 1 saturated carbocycles. The summed E-state index contributed by atoms with van der Waals surface area (Å²) in [7, 11) is 0. The summed E-state index contributed by atoms with van der Waals surface area (Å²) < 4.78 is 29.8. The number of rotatable bonds is 3. The number of fused-ring (bicyclic) bond motifs is 1. The lowest BCUT2D eigenvalue weighted by Gasteiger charge is -2.36. The zero-order valence-corrected chi connectivity index (χ0v) is 15.0. The number of anilines is 1. The van der Waals surface area contributed by atoms with Gasteiger partial charge >= 0.3 is 0 Å². The van der Waals surface area contributed by atoms with Crippen LogP contribution in [0.3, 0.4) is 0 Å². The number of aromatic nitrogens is 3. The highest BCUT2D eigenvalue weighted by Gasteiger charge is 2.46. The number of alkyl halides is 2. The number of nitrogens with two attached hydrogens (primary N) is 2. The van der Waals surface area contributed by atoms with Gasteiger partial charge in [0.1, 0.15) is 6.04 Å². The molecule has 0 aromatic carbocycles. The number of thiazole rings is 1. The van der Waals surface area contributed by atoms with Crippen LogP contribution in [-0.4, -0.2) is 38.5 Å². The number of hydrogen-bond donors (Lipinski definition) is 3. The van der Waals surface area contributed by atoms with Crippen molar-refractivity contribution in [2.75, 3.05) is 5.73 Å². The summed E-state index contributed by atoms with van der Waals surface area (Å²) in [4.78, 5) is 16.8. The number of nitrogens with zero attached hydrogens (tertiary/aromatic N) is 3. The lowest BCUT2D eigenvalue weighted by Crippen LogP contribution is -2.59. The number of hydrogen-bond acceptors (Lipinski definition) is 6. The molecule has 142 valence electrons. The molecule has 0 saturated heterocycles. The molecule has 3 aromatic rings. The van der Waals surface area contributed by atoms with Crippen molar-refractivity contribution >= 4 is 28.4 Å². The second-order valence-corrected chi connectivity index (χ2v) is 7.51. The zero-order chi connectivity index (χ0) is 19.2. The Balaban J connectivity index is 1.58. The average molecular weight is 392 g/mol. The molecule has 0 aliphatic heterocycles. The quantitative estimate of drug-likeness (QED) is 0.633. The molecular weight excluding hydrogens is 374 g/mol. The number of nitrogens with one attached hydrogen (secondary N) is 1. The van der Waals surface area contributed by atoms with E-state index in [4.69, 9.17) is 11.5 Å². The van der Waals surface area contributed by atoms with Gasteiger partial charge in [-0.15, -0.1) is 11.3 Å². The zero-order valence-electron chi connectivity index (χ0n) is 14.2. The van der Waals surface area contributed by atoms with Gasteiger partial charge in [0.05, 0.1) is 17.4 Å². The first-order chi connectivity index (χ1) is 12.8. The van der Waals surface area contributed by atoms with E-state index < -0.39 is 23.9 Å². The van der Waals surface area contributed by atoms with Crippen molar-refractivity contribution in [3.8, 4) is 11.3 Å². The summed E-state index contributed by atoms with van der Waals surface area (Å²) in [5.74, 6) is -3.67. The third-order valence-electron chi connectivity index (χ3n) is 4.74. The predicted octanol–water partition coefficient (Wildman–Crippen LogP) is 2.28. The Morgan fingerprint density at radius 3 is 3.04 bits per heavy atom. The van der Waals surface area contributed by atoms with Gasteiger partial charge in [0.25, 0.3) is 11.8 Å². The number of amides is 1. The molecule has 7 nitrogen and oxygen atoms in total. The monoisotopic (exact) mass is 392 g/mol. The number of carbonyl (C=O) groups excluding carboxylic acids is 1. The van der Waals surface area contributed by atoms with Crippen LogP contribution in [0.2, 0.25) is 0 Å². The summed E-state index contributed by atoms with van der Waals surface area (Å²) in [6, 6.07) is 1.31. The van der Waals surface area contributed by atoms with E-state index in [2.05, 4.69) is 15.4 Å². The van der Waals surface area contributed by atoms with Gasteiger partial charge in [-0.25, -0.2) is 18.3 Å². The van der Waals surface area contributed by atoms with E-state index in [1.807, 2.05) is 0 Å². The van der Waals surface area contributed by atoms with Gasteiger partial charge in [0, 0.05) is 35.3 Å². The molecule has 27 heavy (non-hydrogen) atoms. The van der Waals surface area contributed by atoms with Crippen molar-refractivity contribution < 1.29 is 13.6 Å². The predicted molar refractivity (Wildman–Crippen MR) is 98.7 cm³/mol. The van der Waals surface area contributed by atoms with Crippen molar-refractivity contribution in [2.24, 2.45) is 5.73 Å². The normalized spacial score (nSPS) is 22.0. The minimum atomic E-state index is -3.02. The third kappa shape index (κ3) is 3.26. The molecule has 0 unspecified atom stereocenters. The topological polar surface area (TPSA) is 111 Å². The smallest absolute Gasteiger partial charge is 0.280 e. The molecular formula is C17H18F2N6OS.